The van der Waals surface area contributed by atoms with Crippen LogP contribution in [0.15, 0.2) is 0 Å². The summed E-state index contributed by atoms with van der Waals surface area (Å²) in [5.41, 5.74) is -0.0401. The number of anilines is 1. The van der Waals surface area contributed by atoms with Gasteiger partial charge in [-0.2, -0.15) is 0 Å². The molecule has 1 N–H and O–H groups in total. The monoisotopic (exact) mass is 233 g/mol. The van der Waals surface area contributed by atoms with Gasteiger partial charge in [-0.15, -0.1) is 21.8 Å². The van der Waals surface area contributed by atoms with Crippen LogP contribution in [0.4, 0.5) is 5.13 Å². The number of nitrogens with one attached hydrogen (secondary N) is 1. The number of hydrogen-bond acceptors (Lipinski definition) is 4. The summed E-state index contributed by atoms with van der Waals surface area (Å²) >= 11 is 6.71. The number of aromatic nitrogens is 2. The highest BCUT2D eigenvalue weighted by atomic mass is 35.5. The zero-order chi connectivity index (χ0) is 10.8. The fourth-order valence-electron chi connectivity index (χ4n) is 0.730. The van der Waals surface area contributed by atoms with Crippen LogP contribution in [0.25, 0.3) is 0 Å². The normalized spacial score (nSPS) is 11.4. The van der Waals surface area contributed by atoms with E-state index in [1.54, 1.807) is 0 Å². The highest BCUT2D eigenvalue weighted by molar-refractivity contribution is 7.15. The standard InChI is InChI=1S/C8H12ClN3OS/c1-8(2,3)6-11-12-7(14-6)10-5(13)4-9/h4H2,1-3H3,(H,10,12,13). The Kier molecular flexibility index (Phi) is 3.44. The van der Waals surface area contributed by atoms with E-state index >= 15 is 0 Å². The van der Waals surface area contributed by atoms with Crippen LogP contribution < -0.4 is 5.32 Å². The molecular weight excluding hydrogens is 222 g/mol. The van der Waals surface area contributed by atoms with Gasteiger partial charge < -0.3 is 0 Å². The van der Waals surface area contributed by atoms with E-state index in [4.69, 9.17) is 11.6 Å². The smallest absolute Gasteiger partial charge is 0.241 e. The molecule has 0 spiro atoms. The van der Waals surface area contributed by atoms with Crippen LogP contribution in [0, 0.1) is 0 Å². The van der Waals surface area contributed by atoms with Gasteiger partial charge in [0.05, 0.1) is 0 Å². The molecule has 1 rings (SSSR count). The maximum absolute atomic E-state index is 10.9. The van der Waals surface area contributed by atoms with Crippen molar-refractivity contribution in [2.24, 2.45) is 0 Å². The highest BCUT2D eigenvalue weighted by Crippen LogP contribution is 2.27. The molecule has 1 heterocycles. The number of alkyl halides is 1. The Balaban J connectivity index is 2.74. The van der Waals surface area contributed by atoms with Gasteiger partial charge >= 0.3 is 0 Å². The molecule has 0 fully saturated rings. The molecule has 4 nitrogen and oxygen atoms in total. The first-order valence-corrected chi connectivity index (χ1v) is 5.48. The van der Waals surface area contributed by atoms with Crippen molar-refractivity contribution in [1.29, 1.82) is 0 Å². The van der Waals surface area contributed by atoms with Crippen LogP contribution in [-0.4, -0.2) is 22.0 Å². The van der Waals surface area contributed by atoms with Gasteiger partial charge in [0.1, 0.15) is 10.9 Å². The summed E-state index contributed by atoms with van der Waals surface area (Å²) in [6.07, 6.45) is 0. The van der Waals surface area contributed by atoms with Crippen LogP contribution in [0.2, 0.25) is 0 Å². The molecular formula is C8H12ClN3OS. The fourth-order valence-corrected chi connectivity index (χ4v) is 1.61. The molecule has 0 radical (unpaired) electrons. The Morgan fingerprint density at radius 2 is 2.14 bits per heavy atom. The van der Waals surface area contributed by atoms with Gasteiger partial charge in [0.25, 0.3) is 0 Å². The average molecular weight is 234 g/mol. The second-order valence-electron chi connectivity index (χ2n) is 3.84. The van der Waals surface area contributed by atoms with Crippen molar-refractivity contribution < 1.29 is 4.79 Å². The van der Waals surface area contributed by atoms with E-state index in [9.17, 15) is 4.79 Å². The van der Waals surface area contributed by atoms with Crippen LogP contribution >= 0.6 is 22.9 Å². The molecule has 0 atom stereocenters. The lowest BCUT2D eigenvalue weighted by Gasteiger charge is -2.12. The lowest BCUT2D eigenvalue weighted by molar-refractivity contribution is -0.113. The summed E-state index contributed by atoms with van der Waals surface area (Å²) in [7, 11) is 0. The Bertz CT molecular complexity index is 332. The van der Waals surface area contributed by atoms with E-state index in [1.807, 2.05) is 20.8 Å². The fraction of sp³-hybridized carbons (Fsp3) is 0.625. The molecule has 78 valence electrons. The molecule has 6 heteroatoms. The van der Waals surface area contributed by atoms with E-state index in [-0.39, 0.29) is 17.2 Å². The van der Waals surface area contributed by atoms with E-state index < -0.39 is 0 Å². The zero-order valence-electron chi connectivity index (χ0n) is 8.30. The Morgan fingerprint density at radius 1 is 1.50 bits per heavy atom. The van der Waals surface area contributed by atoms with E-state index in [2.05, 4.69) is 15.5 Å². The third kappa shape index (κ3) is 2.92. The van der Waals surface area contributed by atoms with Crippen LogP contribution in [0.3, 0.4) is 0 Å². The van der Waals surface area contributed by atoms with E-state index in [0.717, 1.165) is 5.01 Å². The molecule has 0 unspecified atom stereocenters. The van der Waals surface area contributed by atoms with Crippen molar-refractivity contribution in [2.75, 3.05) is 11.2 Å². The van der Waals surface area contributed by atoms with Gasteiger partial charge in [-0.1, -0.05) is 32.1 Å². The zero-order valence-corrected chi connectivity index (χ0v) is 9.87. The largest absolute Gasteiger partial charge is 0.299 e. The predicted molar refractivity (Wildman–Crippen MR) is 58.0 cm³/mol. The maximum Gasteiger partial charge on any atom is 0.241 e. The van der Waals surface area contributed by atoms with Gasteiger partial charge in [0.2, 0.25) is 11.0 Å². The molecule has 1 aromatic rings. The lowest BCUT2D eigenvalue weighted by Crippen LogP contribution is -2.12. The first kappa shape index (κ1) is 11.4. The molecule has 0 aromatic carbocycles. The summed E-state index contributed by atoms with van der Waals surface area (Å²) in [4.78, 5) is 10.9. The number of halogens is 1. The van der Waals surface area contributed by atoms with Crippen molar-refractivity contribution in [3.8, 4) is 0 Å². The summed E-state index contributed by atoms with van der Waals surface area (Å²) in [6.45, 7) is 6.13. The lowest BCUT2D eigenvalue weighted by atomic mass is 9.98. The summed E-state index contributed by atoms with van der Waals surface area (Å²) in [5.74, 6) is -0.326. The molecule has 1 aromatic heterocycles. The minimum Gasteiger partial charge on any atom is -0.299 e. The predicted octanol–water partition coefficient (Wildman–Crippen LogP) is 2.01. The van der Waals surface area contributed by atoms with Gasteiger partial charge in [-0.05, 0) is 0 Å². The molecule has 0 saturated heterocycles. The number of carbonyl (C=O) groups is 1. The number of rotatable bonds is 2. The van der Waals surface area contributed by atoms with Gasteiger partial charge in [-0.3, -0.25) is 10.1 Å². The summed E-state index contributed by atoms with van der Waals surface area (Å²) in [6, 6.07) is 0. The maximum atomic E-state index is 10.9. The number of carbonyl (C=O) groups excluding carboxylic acids is 1. The second-order valence-corrected chi connectivity index (χ2v) is 5.09. The third-order valence-electron chi connectivity index (χ3n) is 1.43. The van der Waals surface area contributed by atoms with E-state index in [1.165, 1.54) is 11.3 Å². The number of amides is 1. The van der Waals surface area contributed by atoms with Crippen LogP contribution in [0.5, 0.6) is 0 Å². The van der Waals surface area contributed by atoms with Gasteiger partial charge in [-0.25, -0.2) is 0 Å². The molecule has 14 heavy (non-hydrogen) atoms. The highest BCUT2D eigenvalue weighted by Gasteiger charge is 2.19. The molecule has 0 aliphatic heterocycles. The van der Waals surface area contributed by atoms with Gasteiger partial charge in [0, 0.05) is 5.41 Å². The van der Waals surface area contributed by atoms with Crippen molar-refractivity contribution in [2.45, 2.75) is 26.2 Å². The second kappa shape index (κ2) is 4.23. The molecule has 0 aliphatic rings. The minimum atomic E-state index is -0.261. The minimum absolute atomic E-state index is 0.0401. The van der Waals surface area contributed by atoms with Crippen molar-refractivity contribution in [3.05, 3.63) is 5.01 Å². The SMILES string of the molecule is CC(C)(C)c1nnc(NC(=O)CCl)s1. The Hall–Kier alpha value is -0.680. The van der Waals surface area contributed by atoms with Crippen LogP contribution in [-0.2, 0) is 10.2 Å². The Labute approximate surface area is 91.7 Å². The number of hydrogen-bond donors (Lipinski definition) is 1. The van der Waals surface area contributed by atoms with Crippen molar-refractivity contribution in [1.82, 2.24) is 10.2 Å². The molecule has 1 amide bonds. The summed E-state index contributed by atoms with van der Waals surface area (Å²) < 4.78 is 0. The first-order valence-electron chi connectivity index (χ1n) is 4.13. The summed E-state index contributed by atoms with van der Waals surface area (Å²) in [5, 5.41) is 11.8. The Morgan fingerprint density at radius 3 is 2.57 bits per heavy atom. The van der Waals surface area contributed by atoms with Crippen molar-refractivity contribution >= 4 is 34.0 Å². The topological polar surface area (TPSA) is 54.9 Å². The van der Waals surface area contributed by atoms with Crippen LogP contribution in [0.1, 0.15) is 25.8 Å². The first-order chi connectivity index (χ1) is 6.43. The molecule has 0 saturated carbocycles. The quantitative estimate of drug-likeness (QED) is 0.796. The third-order valence-corrected chi connectivity index (χ3v) is 2.94. The average Bonchev–Trinajstić information content (AvgIpc) is 2.51. The van der Waals surface area contributed by atoms with E-state index in [0.29, 0.717) is 5.13 Å². The molecule has 0 aliphatic carbocycles. The molecule has 0 bridgehead atoms. The van der Waals surface area contributed by atoms with Gasteiger partial charge in [0.15, 0.2) is 0 Å². The van der Waals surface area contributed by atoms with Crippen molar-refractivity contribution in [3.63, 3.8) is 0 Å². The number of nitrogens with zero attached hydrogens (tertiary/aromatic N) is 2.